The van der Waals surface area contributed by atoms with Gasteiger partial charge in [-0.25, -0.2) is 4.39 Å². The number of allylic oxidation sites excluding steroid dienone is 1. The minimum Gasteiger partial charge on any atom is -0.340 e. The molecule has 4 rings (SSSR count). The van der Waals surface area contributed by atoms with E-state index in [1.165, 1.54) is 29.8 Å². The van der Waals surface area contributed by atoms with E-state index in [0.717, 1.165) is 12.8 Å². The van der Waals surface area contributed by atoms with Crippen LogP contribution in [-0.2, 0) is 9.59 Å². The summed E-state index contributed by atoms with van der Waals surface area (Å²) in [4.78, 5) is 41.3. The summed E-state index contributed by atoms with van der Waals surface area (Å²) in [6.45, 7) is 5.57. The molecule has 0 N–H and O–H groups in total. The van der Waals surface area contributed by atoms with Crippen LogP contribution in [0.4, 0.5) is 4.39 Å². The summed E-state index contributed by atoms with van der Waals surface area (Å²) in [5.74, 6) is -0.681. The van der Waals surface area contributed by atoms with E-state index in [2.05, 4.69) is 0 Å². The standard InChI is InChI=1S/C22H27FN2O3/c1-15(2)11-12-25-19-8-5-17(22(25)28)13-24(14-19)21(27)10-9-20(26)16-3-6-18(23)7-4-16/h3-4,6-7,11,17,19H,5,8-10,12-14H2,1-2H3/t17-,19+/m0/s1. The molecule has 0 spiro atoms. The number of carbonyl (C=O) groups is 3. The largest absolute Gasteiger partial charge is 0.340 e. The lowest BCUT2D eigenvalue weighted by Gasteiger charge is -2.35. The average Bonchev–Trinajstić information content (AvgIpc) is 2.96. The summed E-state index contributed by atoms with van der Waals surface area (Å²) >= 11 is 0. The number of Topliss-reactive ketones (excluding diaryl/α,β-unsaturated/α-hetero) is 1. The lowest BCUT2D eigenvalue weighted by atomic mass is 9.94. The number of hydrogen-bond donors (Lipinski definition) is 0. The number of ketones is 1. The van der Waals surface area contributed by atoms with Gasteiger partial charge in [0.25, 0.3) is 0 Å². The molecule has 3 fully saturated rings. The average molecular weight is 386 g/mol. The van der Waals surface area contributed by atoms with Gasteiger partial charge in [0.05, 0.1) is 5.92 Å². The van der Waals surface area contributed by atoms with Crippen LogP contribution in [0.25, 0.3) is 0 Å². The summed E-state index contributed by atoms with van der Waals surface area (Å²) in [5, 5.41) is 0. The predicted molar refractivity (Wildman–Crippen MR) is 104 cm³/mol. The van der Waals surface area contributed by atoms with Crippen LogP contribution in [0.2, 0.25) is 0 Å². The van der Waals surface area contributed by atoms with E-state index in [0.29, 0.717) is 25.2 Å². The minimum atomic E-state index is -0.394. The quantitative estimate of drug-likeness (QED) is 0.557. The number of piperidine rings is 1. The maximum Gasteiger partial charge on any atom is 0.228 e. The van der Waals surface area contributed by atoms with E-state index in [4.69, 9.17) is 0 Å². The van der Waals surface area contributed by atoms with E-state index >= 15 is 0 Å². The van der Waals surface area contributed by atoms with Gasteiger partial charge in [0.1, 0.15) is 5.82 Å². The van der Waals surface area contributed by atoms with Gasteiger partial charge in [-0.05, 0) is 51.0 Å². The van der Waals surface area contributed by atoms with Crippen LogP contribution < -0.4 is 0 Å². The van der Waals surface area contributed by atoms with Gasteiger partial charge in [-0.3, -0.25) is 14.4 Å². The highest BCUT2D eigenvalue weighted by atomic mass is 19.1. The van der Waals surface area contributed by atoms with Crippen LogP contribution in [0.3, 0.4) is 0 Å². The van der Waals surface area contributed by atoms with Crippen molar-refractivity contribution < 1.29 is 18.8 Å². The molecule has 0 aliphatic carbocycles. The summed E-state index contributed by atoms with van der Waals surface area (Å²) in [5.41, 5.74) is 1.58. The Labute approximate surface area is 165 Å². The Balaban J connectivity index is 1.60. The van der Waals surface area contributed by atoms with Crippen molar-refractivity contribution in [1.82, 2.24) is 9.80 Å². The normalized spacial score (nSPS) is 21.5. The summed E-state index contributed by atoms with van der Waals surface area (Å²) in [7, 11) is 0. The van der Waals surface area contributed by atoms with Gasteiger partial charge >= 0.3 is 0 Å². The number of carbonyl (C=O) groups excluding carboxylic acids is 3. The summed E-state index contributed by atoms with van der Waals surface area (Å²) in [6, 6.07) is 5.41. The summed E-state index contributed by atoms with van der Waals surface area (Å²) in [6.07, 6.45) is 3.97. The maximum atomic E-state index is 13.0. The molecule has 150 valence electrons. The van der Waals surface area contributed by atoms with E-state index in [1.54, 1.807) is 4.90 Å². The second-order valence-corrected chi connectivity index (χ2v) is 7.93. The number of rotatable bonds is 6. The molecule has 6 heteroatoms. The fourth-order valence-electron chi connectivity index (χ4n) is 3.92. The van der Waals surface area contributed by atoms with Crippen LogP contribution in [0.1, 0.15) is 49.9 Å². The number of hydrogen-bond acceptors (Lipinski definition) is 3. The molecule has 0 saturated carbocycles. The minimum absolute atomic E-state index is 0.0404. The van der Waals surface area contributed by atoms with Gasteiger partial charge in [0.15, 0.2) is 5.78 Å². The number of amides is 2. The second kappa shape index (κ2) is 8.67. The van der Waals surface area contributed by atoms with Crippen molar-refractivity contribution in [2.75, 3.05) is 19.6 Å². The molecule has 3 saturated heterocycles. The first-order valence-corrected chi connectivity index (χ1v) is 9.85. The lowest BCUT2D eigenvalue weighted by molar-refractivity contribution is -0.139. The molecule has 2 bridgehead atoms. The third-order valence-electron chi connectivity index (χ3n) is 5.57. The fourth-order valence-corrected chi connectivity index (χ4v) is 3.92. The van der Waals surface area contributed by atoms with Crippen LogP contribution >= 0.6 is 0 Å². The van der Waals surface area contributed by atoms with Crippen molar-refractivity contribution in [3.05, 3.63) is 47.3 Å². The molecular formula is C22H27FN2O3. The zero-order valence-corrected chi connectivity index (χ0v) is 16.5. The molecule has 3 heterocycles. The topological polar surface area (TPSA) is 57.7 Å². The number of nitrogens with zero attached hydrogens (tertiary/aromatic N) is 2. The van der Waals surface area contributed by atoms with Crippen molar-refractivity contribution in [1.29, 1.82) is 0 Å². The van der Waals surface area contributed by atoms with Gasteiger partial charge in [0.2, 0.25) is 11.8 Å². The molecule has 2 amide bonds. The van der Waals surface area contributed by atoms with Crippen LogP contribution in [-0.4, -0.2) is 53.1 Å². The molecule has 5 nitrogen and oxygen atoms in total. The SMILES string of the molecule is CC(C)=CCN1C(=O)[C@H]2CC[C@@H]1CN(C(=O)CCC(=O)c1ccc(F)cc1)C2. The van der Waals surface area contributed by atoms with E-state index < -0.39 is 5.82 Å². The molecule has 3 aliphatic rings. The van der Waals surface area contributed by atoms with E-state index in [9.17, 15) is 18.8 Å². The number of halogens is 1. The Morgan fingerprint density at radius 2 is 1.82 bits per heavy atom. The van der Waals surface area contributed by atoms with Crippen LogP contribution in [0.5, 0.6) is 0 Å². The van der Waals surface area contributed by atoms with Gasteiger partial charge < -0.3 is 9.80 Å². The Bertz CT molecular complexity index is 783. The van der Waals surface area contributed by atoms with Crippen molar-refractivity contribution in [2.45, 2.75) is 45.6 Å². The second-order valence-electron chi connectivity index (χ2n) is 7.93. The third-order valence-corrected chi connectivity index (χ3v) is 5.57. The molecule has 28 heavy (non-hydrogen) atoms. The first-order valence-electron chi connectivity index (χ1n) is 9.85. The fraction of sp³-hybridized carbons (Fsp3) is 0.500. The molecule has 0 aromatic heterocycles. The van der Waals surface area contributed by atoms with E-state index in [1.807, 2.05) is 24.8 Å². The Kier molecular flexibility index (Phi) is 6.27. The maximum absolute atomic E-state index is 13.0. The van der Waals surface area contributed by atoms with Gasteiger partial charge in [-0.1, -0.05) is 11.6 Å². The molecule has 3 aliphatic heterocycles. The first-order chi connectivity index (χ1) is 13.3. The van der Waals surface area contributed by atoms with Gasteiger partial charge in [0, 0.05) is 44.1 Å². The highest BCUT2D eigenvalue weighted by molar-refractivity contribution is 5.98. The van der Waals surface area contributed by atoms with Crippen LogP contribution in [0, 0.1) is 11.7 Å². The molecule has 1 aromatic carbocycles. The van der Waals surface area contributed by atoms with E-state index in [-0.39, 0.29) is 42.4 Å². The third kappa shape index (κ3) is 4.66. The molecule has 2 atom stereocenters. The molecule has 1 aromatic rings. The highest BCUT2D eigenvalue weighted by Gasteiger charge is 2.41. The number of benzene rings is 1. The molecule has 0 unspecified atom stereocenters. The van der Waals surface area contributed by atoms with Crippen molar-refractivity contribution in [3.8, 4) is 0 Å². The Hall–Kier alpha value is -2.50. The predicted octanol–water partition coefficient (Wildman–Crippen LogP) is 3.20. The molecular weight excluding hydrogens is 359 g/mol. The number of fused-ring (bicyclic) bond motifs is 4. The van der Waals surface area contributed by atoms with Crippen molar-refractivity contribution >= 4 is 17.6 Å². The lowest BCUT2D eigenvalue weighted by Crippen LogP contribution is -2.48. The van der Waals surface area contributed by atoms with Gasteiger partial charge in [-0.2, -0.15) is 0 Å². The van der Waals surface area contributed by atoms with Crippen molar-refractivity contribution in [2.24, 2.45) is 5.92 Å². The smallest absolute Gasteiger partial charge is 0.228 e. The summed E-state index contributed by atoms with van der Waals surface area (Å²) < 4.78 is 13.0. The monoisotopic (exact) mass is 386 g/mol. The highest BCUT2D eigenvalue weighted by Crippen LogP contribution is 2.29. The Morgan fingerprint density at radius 1 is 1.11 bits per heavy atom. The first kappa shape index (κ1) is 20.2. The Morgan fingerprint density at radius 3 is 2.50 bits per heavy atom. The van der Waals surface area contributed by atoms with Gasteiger partial charge in [-0.15, -0.1) is 0 Å². The van der Waals surface area contributed by atoms with Crippen LogP contribution in [0.15, 0.2) is 35.9 Å². The molecule has 0 radical (unpaired) electrons. The van der Waals surface area contributed by atoms with Crippen molar-refractivity contribution in [3.63, 3.8) is 0 Å². The zero-order chi connectivity index (χ0) is 20.3. The zero-order valence-electron chi connectivity index (χ0n) is 16.5.